The molecule has 6 heteroatoms. The molecule has 1 fully saturated rings. The molecule has 1 aliphatic rings. The normalized spacial score (nSPS) is 13.5. The molecule has 3 aromatic carbocycles. The number of furan rings is 1. The van der Waals surface area contributed by atoms with Crippen molar-refractivity contribution in [2.75, 3.05) is 0 Å². The zero-order chi connectivity index (χ0) is 29.1. The van der Waals surface area contributed by atoms with E-state index in [0.29, 0.717) is 16.6 Å². The van der Waals surface area contributed by atoms with Gasteiger partial charge < -0.3 is 9.40 Å². The Kier molecular flexibility index (Phi) is 9.96. The minimum Gasteiger partial charge on any atom is 0 e. The molecule has 0 amide bonds. The summed E-state index contributed by atoms with van der Waals surface area (Å²) in [7, 11) is 0. The number of halogens is 1. The Bertz CT molecular complexity index is 1810. The minimum atomic E-state index is -1.72. The topological polar surface area (TPSA) is 38.9 Å². The van der Waals surface area contributed by atoms with Crippen LogP contribution in [-0.4, -0.2) is 23.2 Å². The van der Waals surface area contributed by atoms with Gasteiger partial charge in [-0.15, -0.1) is 23.8 Å². The molecule has 0 N–H and O–H groups in total. The Morgan fingerprint density at radius 3 is 2.42 bits per heavy atom. The number of pyridine rings is 2. The van der Waals surface area contributed by atoms with Gasteiger partial charge in [-0.05, 0) is 36.2 Å². The first-order valence-corrected chi connectivity index (χ1v) is 22.1. The van der Waals surface area contributed by atoms with Crippen molar-refractivity contribution in [2.45, 2.75) is 49.4 Å². The fourth-order valence-electron chi connectivity index (χ4n) is 5.72. The molecule has 0 unspecified atom stereocenters. The van der Waals surface area contributed by atoms with E-state index in [1.54, 1.807) is 18.2 Å². The molecule has 0 atom stereocenters. The van der Waals surface area contributed by atoms with Crippen LogP contribution in [0.15, 0.2) is 95.7 Å². The molecule has 3 nitrogen and oxygen atoms in total. The predicted molar refractivity (Wildman–Crippen MR) is 173 cm³/mol. The smallest absolute Gasteiger partial charge is 0 e. The van der Waals surface area contributed by atoms with Crippen molar-refractivity contribution in [1.29, 1.82) is 0 Å². The van der Waals surface area contributed by atoms with E-state index in [-0.39, 0.29) is 25.9 Å². The summed E-state index contributed by atoms with van der Waals surface area (Å²) in [6, 6.07) is 31.6. The second-order valence-electron chi connectivity index (χ2n) is 12.2. The monoisotopic (exact) mass is 809 g/mol. The fraction of sp³-hybridized carbons (Fsp3) is 0.243. The van der Waals surface area contributed by atoms with E-state index in [1.807, 2.05) is 42.7 Å². The summed E-state index contributed by atoms with van der Waals surface area (Å²) < 4.78 is 21.5. The molecule has 1 saturated carbocycles. The van der Waals surface area contributed by atoms with Crippen molar-refractivity contribution < 1.29 is 28.9 Å². The number of nitrogens with zero attached hydrogens (tertiary/aromatic N) is 2. The van der Waals surface area contributed by atoms with Gasteiger partial charge in [0.1, 0.15) is 11.4 Å². The van der Waals surface area contributed by atoms with Crippen molar-refractivity contribution in [2.24, 2.45) is 5.92 Å². The second-order valence-corrected chi connectivity index (χ2v) is 22.9. The Morgan fingerprint density at radius 2 is 1.70 bits per heavy atom. The van der Waals surface area contributed by atoms with E-state index in [9.17, 15) is 4.39 Å². The Labute approximate surface area is 269 Å². The molecule has 3 heterocycles. The first-order valence-electron chi connectivity index (χ1n) is 14.8. The molecule has 1 radical (unpaired) electrons. The van der Waals surface area contributed by atoms with Crippen LogP contribution in [0.4, 0.5) is 4.39 Å². The summed E-state index contributed by atoms with van der Waals surface area (Å²) in [6.07, 6.45) is 10.4. The van der Waals surface area contributed by atoms with Crippen molar-refractivity contribution >= 4 is 39.6 Å². The summed E-state index contributed by atoms with van der Waals surface area (Å²) in [4.78, 5) is 9.05. The standard InChI is InChI=1S/C23H19FNO.C14H16GeN.Ir/c24-19-6-3-7-22-23(19)18-14-17(8-9-21(18)26-22)20-13-16(10-11-25-20)12-15-4-1-2-5-15;1-15(2,3)13-9-10-14(16-11-13)12-7-5-4-6-8-12;/h3,6-7,9-11,13-15H,1-2,4-5,12H2;4-7,9-11H,1-3H3;/q2*-1;. The number of aromatic nitrogens is 2. The van der Waals surface area contributed by atoms with Gasteiger partial charge in [-0.2, -0.15) is 0 Å². The number of benzene rings is 3. The van der Waals surface area contributed by atoms with E-state index in [1.165, 1.54) is 41.7 Å². The fourth-order valence-corrected chi connectivity index (χ4v) is 7.89. The van der Waals surface area contributed by atoms with Crippen LogP contribution in [0.5, 0.6) is 0 Å². The van der Waals surface area contributed by atoms with Crippen LogP contribution in [0.2, 0.25) is 17.3 Å². The van der Waals surface area contributed by atoms with Crippen LogP contribution in [-0.2, 0) is 26.5 Å². The molecule has 1 aliphatic carbocycles. The van der Waals surface area contributed by atoms with Crippen LogP contribution >= 0.6 is 0 Å². The molecule has 6 aromatic rings. The molecule has 7 rings (SSSR count). The molecule has 0 bridgehead atoms. The van der Waals surface area contributed by atoms with Crippen molar-refractivity contribution in [3.8, 4) is 22.5 Å². The second kappa shape index (κ2) is 13.7. The number of hydrogen-bond donors (Lipinski definition) is 0. The average Bonchev–Trinajstić information content (AvgIpc) is 3.65. The molecule has 0 aliphatic heterocycles. The maximum atomic E-state index is 14.3. The molecule has 43 heavy (non-hydrogen) atoms. The van der Waals surface area contributed by atoms with E-state index in [2.05, 4.69) is 63.6 Å². The predicted octanol–water partition coefficient (Wildman–Crippen LogP) is 9.41. The summed E-state index contributed by atoms with van der Waals surface area (Å²) in [5, 5.41) is 1.30. The number of hydrogen-bond acceptors (Lipinski definition) is 3. The van der Waals surface area contributed by atoms with Gasteiger partial charge in [-0.1, -0.05) is 48.8 Å². The Morgan fingerprint density at radius 1 is 0.860 bits per heavy atom. The number of rotatable bonds is 5. The average molecular weight is 808 g/mol. The SMILES string of the molecule is Fc1cccc2oc3c[c-]c(-c4cc(CC5CCCC5)ccn4)cc3c12.[CH3][Ge]([CH3])([CH3])[c]1ccc(-c2[c-]cccc2)nc1.[Ir]. The zero-order valence-electron chi connectivity index (χ0n) is 24.8. The van der Waals surface area contributed by atoms with Gasteiger partial charge in [-0.3, -0.25) is 0 Å². The van der Waals surface area contributed by atoms with E-state index >= 15 is 0 Å². The van der Waals surface area contributed by atoms with E-state index in [0.717, 1.165) is 40.2 Å². The zero-order valence-corrected chi connectivity index (χ0v) is 29.3. The summed E-state index contributed by atoms with van der Waals surface area (Å²) in [6.45, 7) is 0. The minimum absolute atomic E-state index is 0. The quantitative estimate of drug-likeness (QED) is 0.129. The van der Waals surface area contributed by atoms with Crippen LogP contribution in [0.25, 0.3) is 44.5 Å². The molecular weight excluding hydrogens is 772 g/mol. The van der Waals surface area contributed by atoms with Gasteiger partial charge in [0.25, 0.3) is 0 Å². The van der Waals surface area contributed by atoms with Gasteiger partial charge in [0.2, 0.25) is 0 Å². The van der Waals surface area contributed by atoms with Gasteiger partial charge >= 0.3 is 99.8 Å². The van der Waals surface area contributed by atoms with Gasteiger partial charge in [-0.25, -0.2) is 4.39 Å². The largest absolute Gasteiger partial charge is 0 e. The van der Waals surface area contributed by atoms with Crippen LogP contribution in [0, 0.1) is 23.9 Å². The van der Waals surface area contributed by atoms with Crippen LogP contribution in [0.1, 0.15) is 31.2 Å². The van der Waals surface area contributed by atoms with Crippen molar-refractivity contribution in [3.05, 3.63) is 115 Å². The third kappa shape index (κ3) is 7.34. The third-order valence-electron chi connectivity index (χ3n) is 8.09. The van der Waals surface area contributed by atoms with Crippen LogP contribution < -0.4 is 4.40 Å². The van der Waals surface area contributed by atoms with E-state index in [4.69, 9.17) is 4.42 Å². The van der Waals surface area contributed by atoms with Gasteiger partial charge in [0.05, 0.1) is 5.58 Å². The third-order valence-corrected chi connectivity index (χ3v) is 12.3. The molecule has 0 spiro atoms. The summed E-state index contributed by atoms with van der Waals surface area (Å²) in [5.41, 5.74) is 6.36. The Balaban J connectivity index is 0.000000188. The first kappa shape index (κ1) is 31.3. The maximum Gasteiger partial charge on any atom is 0 e. The first-order chi connectivity index (χ1) is 20.3. The number of fused-ring (bicyclic) bond motifs is 3. The Hall–Kier alpha value is -3.12. The van der Waals surface area contributed by atoms with Crippen LogP contribution in [0.3, 0.4) is 0 Å². The molecule has 0 saturated heterocycles. The molecule has 221 valence electrons. The summed E-state index contributed by atoms with van der Waals surface area (Å²) in [5.74, 6) is 7.67. The summed E-state index contributed by atoms with van der Waals surface area (Å²) >= 11 is -1.72. The molecular formula is C37H35FGeIrN2O-2. The van der Waals surface area contributed by atoms with Crippen molar-refractivity contribution in [3.63, 3.8) is 0 Å². The van der Waals surface area contributed by atoms with Crippen molar-refractivity contribution in [1.82, 2.24) is 9.97 Å². The van der Waals surface area contributed by atoms with Gasteiger partial charge in [0, 0.05) is 31.7 Å². The maximum absolute atomic E-state index is 14.3. The van der Waals surface area contributed by atoms with Gasteiger partial charge in [0.15, 0.2) is 0 Å². The van der Waals surface area contributed by atoms with E-state index < -0.39 is 13.3 Å². The molecule has 3 aromatic heterocycles.